The van der Waals surface area contributed by atoms with Crippen LogP contribution in [0.15, 0.2) is 63.6 Å². The predicted octanol–water partition coefficient (Wildman–Crippen LogP) is 5.71. The molecule has 0 saturated carbocycles. The zero-order valence-corrected chi connectivity index (χ0v) is 25.3. The van der Waals surface area contributed by atoms with Crippen LogP contribution in [0.2, 0.25) is 18.1 Å². The quantitative estimate of drug-likeness (QED) is 0.240. The van der Waals surface area contributed by atoms with Gasteiger partial charge in [-0.15, -0.1) is 0 Å². The van der Waals surface area contributed by atoms with E-state index in [1.54, 1.807) is 18.0 Å². The first-order chi connectivity index (χ1) is 18.6. The lowest BCUT2D eigenvalue weighted by Gasteiger charge is -2.36. The van der Waals surface area contributed by atoms with Gasteiger partial charge in [-0.1, -0.05) is 32.5 Å². The molecule has 208 valence electrons. The van der Waals surface area contributed by atoms with Crippen LogP contribution in [-0.2, 0) is 22.3 Å². The minimum atomic E-state index is -1.77. The van der Waals surface area contributed by atoms with Gasteiger partial charge in [-0.05, 0) is 61.7 Å². The number of ether oxygens (including phenoxy) is 1. The molecule has 1 atom stereocenters. The van der Waals surface area contributed by atoms with E-state index in [9.17, 15) is 4.79 Å². The van der Waals surface area contributed by atoms with Gasteiger partial charge in [0.2, 0.25) is 0 Å². The molecule has 39 heavy (non-hydrogen) atoms. The first kappa shape index (κ1) is 27.8. The fourth-order valence-electron chi connectivity index (χ4n) is 4.32. The molecule has 5 rings (SSSR count). The average Bonchev–Trinajstić information content (AvgIpc) is 3.55. The van der Waals surface area contributed by atoms with Gasteiger partial charge >= 0.3 is 0 Å². The summed E-state index contributed by atoms with van der Waals surface area (Å²) in [5.41, 5.74) is 0.666. The summed E-state index contributed by atoms with van der Waals surface area (Å²) in [6, 6.07) is 7.79. The Bertz CT molecular complexity index is 1480. The van der Waals surface area contributed by atoms with Gasteiger partial charge in [-0.3, -0.25) is 9.48 Å². The molecule has 0 N–H and O–H groups in total. The lowest BCUT2D eigenvalue weighted by molar-refractivity contribution is -0.0397. The van der Waals surface area contributed by atoms with E-state index in [4.69, 9.17) is 9.16 Å². The Morgan fingerprint density at radius 1 is 1.13 bits per heavy atom. The Kier molecular flexibility index (Phi) is 8.13. The zero-order valence-electron chi connectivity index (χ0n) is 23.5. The number of hydrogen-bond acceptors (Lipinski definition) is 7. The summed E-state index contributed by atoms with van der Waals surface area (Å²) in [5.74, 6) is 0. The molecule has 0 spiro atoms. The van der Waals surface area contributed by atoms with Crippen molar-refractivity contribution in [1.82, 2.24) is 29.3 Å². The molecule has 1 aliphatic heterocycles. The molecule has 0 radical (unpaired) electrons. The van der Waals surface area contributed by atoms with Gasteiger partial charge in [-0.2, -0.15) is 15.3 Å². The van der Waals surface area contributed by atoms with Crippen molar-refractivity contribution < 1.29 is 9.16 Å². The molecule has 1 unspecified atom stereocenters. The number of nitrogens with zero attached hydrogens (tertiary/aromatic N) is 6. The van der Waals surface area contributed by atoms with E-state index in [1.165, 1.54) is 4.68 Å². The molecule has 0 amide bonds. The van der Waals surface area contributed by atoms with Crippen LogP contribution in [0.25, 0.3) is 10.8 Å². The average molecular weight is 567 g/mol. The van der Waals surface area contributed by atoms with Crippen LogP contribution < -0.4 is 5.56 Å². The fraction of sp³-hybridized carbons (Fsp3) is 0.500. The number of rotatable bonds is 9. The summed E-state index contributed by atoms with van der Waals surface area (Å²) < 4.78 is 17.3. The predicted molar refractivity (Wildman–Crippen MR) is 156 cm³/mol. The Hall–Kier alpha value is -2.73. The van der Waals surface area contributed by atoms with Crippen molar-refractivity contribution in [2.45, 2.75) is 87.3 Å². The summed E-state index contributed by atoms with van der Waals surface area (Å²) in [6.07, 6.45) is 10.8. The number of hydrogen-bond donors (Lipinski definition) is 0. The van der Waals surface area contributed by atoms with Crippen LogP contribution in [0.3, 0.4) is 0 Å². The Morgan fingerprint density at radius 2 is 1.97 bits per heavy atom. The molecule has 1 aromatic carbocycles. The minimum absolute atomic E-state index is 0.0209. The third-order valence-electron chi connectivity index (χ3n) is 7.68. The first-order valence-electron chi connectivity index (χ1n) is 13.6. The van der Waals surface area contributed by atoms with Gasteiger partial charge in [-0.25, -0.2) is 9.36 Å². The SMILES string of the molecule is CC(C)(C)[Si](C)(C)OCCn1cc(Sc2ccc3c(=O)n(Cc4ccn(C5CCCCO5)n4)ncc3c2)cn1. The summed E-state index contributed by atoms with van der Waals surface area (Å²) in [7, 11) is -1.77. The fourth-order valence-corrected chi connectivity index (χ4v) is 6.22. The molecule has 4 heterocycles. The Morgan fingerprint density at radius 3 is 2.74 bits per heavy atom. The van der Waals surface area contributed by atoms with E-state index >= 15 is 0 Å². The summed E-state index contributed by atoms with van der Waals surface area (Å²) in [4.78, 5) is 15.2. The highest BCUT2D eigenvalue weighted by molar-refractivity contribution is 7.99. The van der Waals surface area contributed by atoms with E-state index < -0.39 is 8.32 Å². The zero-order chi connectivity index (χ0) is 27.6. The maximum atomic E-state index is 13.2. The van der Waals surface area contributed by atoms with Gasteiger partial charge in [0.05, 0.1) is 48.1 Å². The minimum Gasteiger partial charge on any atom is -0.415 e. The second-order valence-corrected chi connectivity index (χ2v) is 17.6. The Balaban J connectivity index is 1.22. The van der Waals surface area contributed by atoms with Gasteiger partial charge in [0.1, 0.15) is 6.23 Å². The topological polar surface area (TPSA) is 89.0 Å². The normalized spacial score (nSPS) is 16.7. The van der Waals surface area contributed by atoms with Gasteiger partial charge in [0.15, 0.2) is 8.32 Å². The molecule has 4 aromatic rings. The largest absolute Gasteiger partial charge is 0.415 e. The molecule has 9 nitrogen and oxygen atoms in total. The number of benzene rings is 1. The molecular formula is C28H38N6O3SSi. The lowest BCUT2D eigenvalue weighted by atomic mass is 10.2. The molecule has 1 saturated heterocycles. The summed E-state index contributed by atoms with van der Waals surface area (Å²) >= 11 is 1.62. The summed E-state index contributed by atoms with van der Waals surface area (Å²) in [5, 5.41) is 15.2. The Labute approximate surface area is 234 Å². The van der Waals surface area contributed by atoms with Crippen molar-refractivity contribution in [1.29, 1.82) is 0 Å². The van der Waals surface area contributed by atoms with E-state index in [1.807, 2.05) is 52.2 Å². The third-order valence-corrected chi connectivity index (χ3v) is 13.2. The maximum Gasteiger partial charge on any atom is 0.274 e. The van der Waals surface area contributed by atoms with Gasteiger partial charge < -0.3 is 9.16 Å². The van der Waals surface area contributed by atoms with Crippen molar-refractivity contribution in [3.8, 4) is 0 Å². The van der Waals surface area contributed by atoms with Crippen LogP contribution >= 0.6 is 11.8 Å². The van der Waals surface area contributed by atoms with E-state index in [0.29, 0.717) is 18.5 Å². The second-order valence-electron chi connectivity index (χ2n) is 11.6. The van der Waals surface area contributed by atoms with Crippen molar-refractivity contribution in [2.75, 3.05) is 13.2 Å². The highest BCUT2D eigenvalue weighted by Gasteiger charge is 2.36. The van der Waals surface area contributed by atoms with E-state index in [-0.39, 0.29) is 16.8 Å². The number of aromatic nitrogens is 6. The van der Waals surface area contributed by atoms with E-state index in [0.717, 1.165) is 53.3 Å². The molecule has 1 fully saturated rings. The van der Waals surface area contributed by atoms with Crippen molar-refractivity contribution in [3.63, 3.8) is 0 Å². The maximum absolute atomic E-state index is 13.2. The first-order valence-corrected chi connectivity index (χ1v) is 17.3. The van der Waals surface area contributed by atoms with Crippen LogP contribution in [-0.4, -0.2) is 50.9 Å². The number of fused-ring (bicyclic) bond motifs is 1. The summed E-state index contributed by atoms with van der Waals surface area (Å²) in [6.45, 7) is 13.7. The van der Waals surface area contributed by atoms with Crippen LogP contribution in [0.4, 0.5) is 0 Å². The third kappa shape index (κ3) is 6.54. The van der Waals surface area contributed by atoms with Crippen molar-refractivity contribution in [3.05, 3.63) is 65.1 Å². The molecular weight excluding hydrogens is 529 g/mol. The molecule has 0 aliphatic carbocycles. The van der Waals surface area contributed by atoms with Crippen molar-refractivity contribution in [2.24, 2.45) is 0 Å². The second kappa shape index (κ2) is 11.4. The highest BCUT2D eigenvalue weighted by Crippen LogP contribution is 2.36. The lowest BCUT2D eigenvalue weighted by Crippen LogP contribution is -2.41. The highest BCUT2D eigenvalue weighted by atomic mass is 32.2. The standard InChI is InChI=1S/C28H38N6O3SSi/c1-28(2,3)39(4,5)37-15-13-32-20-24(18-29-32)38-23-9-10-25-21(16-23)17-30-34(27(25)35)19-22-11-12-33(31-22)26-8-6-7-14-36-26/h9-12,16-18,20,26H,6-8,13-15,19H2,1-5H3. The van der Waals surface area contributed by atoms with Gasteiger partial charge in [0.25, 0.3) is 5.56 Å². The van der Waals surface area contributed by atoms with E-state index in [2.05, 4.69) is 49.2 Å². The van der Waals surface area contributed by atoms with Crippen LogP contribution in [0.5, 0.6) is 0 Å². The smallest absolute Gasteiger partial charge is 0.274 e. The van der Waals surface area contributed by atoms with Crippen LogP contribution in [0, 0.1) is 0 Å². The van der Waals surface area contributed by atoms with Crippen molar-refractivity contribution >= 4 is 30.9 Å². The molecule has 0 bridgehead atoms. The molecule has 3 aromatic heterocycles. The molecule has 11 heteroatoms. The monoisotopic (exact) mass is 566 g/mol. The van der Waals surface area contributed by atoms with Crippen LogP contribution in [0.1, 0.15) is 52.0 Å². The molecule has 1 aliphatic rings. The van der Waals surface area contributed by atoms with Gasteiger partial charge in [0, 0.05) is 29.3 Å².